The Hall–Kier alpha value is -1.59. The molecule has 23 heavy (non-hydrogen) atoms. The molecule has 0 radical (unpaired) electrons. The first-order valence-electron chi connectivity index (χ1n) is 6.75. The maximum atomic E-state index is 6.40. The highest BCUT2D eigenvalue weighted by Crippen LogP contribution is 2.31. The first-order valence-corrected chi connectivity index (χ1v) is 8.79. The number of rotatable bonds is 4. The Morgan fingerprint density at radius 2 is 1.83 bits per heavy atom. The number of nitrogens with one attached hydrogen (secondary N) is 1. The molecule has 0 saturated heterocycles. The zero-order valence-corrected chi connectivity index (χ0v) is 15.0. The second kappa shape index (κ2) is 6.89. The predicted octanol–water partition coefficient (Wildman–Crippen LogP) is 6.15. The summed E-state index contributed by atoms with van der Waals surface area (Å²) in [7, 11) is 0. The molecule has 0 aliphatic heterocycles. The van der Waals surface area contributed by atoms with E-state index in [0.717, 1.165) is 21.8 Å². The van der Waals surface area contributed by atoms with Crippen molar-refractivity contribution in [3.05, 3.63) is 74.4 Å². The van der Waals surface area contributed by atoms with Gasteiger partial charge >= 0.3 is 0 Å². The summed E-state index contributed by atoms with van der Waals surface area (Å²) in [4.78, 5) is 1.51. The van der Waals surface area contributed by atoms with Gasteiger partial charge < -0.3 is 11.1 Å². The van der Waals surface area contributed by atoms with E-state index in [9.17, 15) is 0 Å². The van der Waals surface area contributed by atoms with Crippen LogP contribution in [0, 0.1) is 0 Å². The summed E-state index contributed by atoms with van der Waals surface area (Å²) < 4.78 is 0. The molecule has 0 fully saturated rings. The molecule has 1 aromatic heterocycles. The average Bonchev–Trinajstić information content (AvgIpc) is 2.95. The van der Waals surface area contributed by atoms with Crippen LogP contribution in [0.25, 0.3) is 0 Å². The van der Waals surface area contributed by atoms with Crippen LogP contribution in [0.15, 0.2) is 53.9 Å². The molecule has 3 N–H and O–H groups in total. The summed E-state index contributed by atoms with van der Waals surface area (Å²) in [6.45, 7) is 0. The first kappa shape index (κ1) is 16.3. The van der Waals surface area contributed by atoms with E-state index < -0.39 is 0 Å². The lowest BCUT2D eigenvalue weighted by molar-refractivity contribution is 1.54. The maximum Gasteiger partial charge on any atom is 0.0651 e. The van der Waals surface area contributed by atoms with E-state index in [0.29, 0.717) is 20.6 Å². The van der Waals surface area contributed by atoms with Crippen LogP contribution in [0.2, 0.25) is 10.0 Å². The van der Waals surface area contributed by atoms with E-state index in [2.05, 4.69) is 5.32 Å². The van der Waals surface area contributed by atoms with E-state index >= 15 is 0 Å². The standard InChI is InChI=1S/C17H12Cl2N2S2/c18-12-7-8-23-17(12)16(22)11-6-5-10(9-13(11)19)21-15-4-2-1-3-14(15)20/h1-9,21H,20H2. The van der Waals surface area contributed by atoms with Crippen molar-refractivity contribution in [1.82, 2.24) is 0 Å². The van der Waals surface area contributed by atoms with Crippen LogP contribution in [0.4, 0.5) is 17.1 Å². The van der Waals surface area contributed by atoms with E-state index in [4.69, 9.17) is 41.2 Å². The van der Waals surface area contributed by atoms with Crippen molar-refractivity contribution in [2.75, 3.05) is 11.1 Å². The number of para-hydroxylation sites is 2. The van der Waals surface area contributed by atoms with Gasteiger partial charge in [-0.1, -0.05) is 47.6 Å². The molecule has 3 aromatic rings. The number of thiocarbonyl (C=S) groups is 1. The van der Waals surface area contributed by atoms with Crippen LogP contribution in [0.3, 0.4) is 0 Å². The highest BCUT2D eigenvalue weighted by molar-refractivity contribution is 7.81. The highest BCUT2D eigenvalue weighted by Gasteiger charge is 2.14. The van der Waals surface area contributed by atoms with Gasteiger partial charge in [-0.15, -0.1) is 11.3 Å². The average molecular weight is 379 g/mol. The van der Waals surface area contributed by atoms with Crippen molar-refractivity contribution in [3.8, 4) is 0 Å². The Balaban J connectivity index is 1.88. The third-order valence-corrected chi connectivity index (χ3v) is 5.50. The minimum Gasteiger partial charge on any atom is -0.397 e. The second-order valence-electron chi connectivity index (χ2n) is 4.83. The summed E-state index contributed by atoms with van der Waals surface area (Å²) in [6, 6.07) is 15.0. The third kappa shape index (κ3) is 3.51. The Kier molecular flexibility index (Phi) is 4.87. The van der Waals surface area contributed by atoms with E-state index in [1.165, 1.54) is 11.3 Å². The molecule has 0 amide bonds. The molecule has 1 heterocycles. The van der Waals surface area contributed by atoms with E-state index in [1.54, 1.807) is 0 Å². The highest BCUT2D eigenvalue weighted by atomic mass is 35.5. The summed E-state index contributed by atoms with van der Waals surface area (Å²) in [6.07, 6.45) is 0. The monoisotopic (exact) mass is 378 g/mol. The van der Waals surface area contributed by atoms with Gasteiger partial charge in [0.05, 0.1) is 31.2 Å². The van der Waals surface area contributed by atoms with E-state index in [-0.39, 0.29) is 0 Å². The third-order valence-electron chi connectivity index (χ3n) is 3.28. The summed E-state index contributed by atoms with van der Waals surface area (Å²) >= 11 is 19.6. The summed E-state index contributed by atoms with van der Waals surface area (Å²) in [5.74, 6) is 0. The normalized spacial score (nSPS) is 10.5. The molecular formula is C17H12Cl2N2S2. The fourth-order valence-electron chi connectivity index (χ4n) is 2.12. The molecule has 0 unspecified atom stereocenters. The summed E-state index contributed by atoms with van der Waals surface area (Å²) in [5.41, 5.74) is 9.08. The fourth-order valence-corrected chi connectivity index (χ4v) is 4.04. The molecule has 3 rings (SSSR count). The zero-order chi connectivity index (χ0) is 16.4. The number of hydrogen-bond acceptors (Lipinski definition) is 4. The molecule has 0 saturated carbocycles. The van der Waals surface area contributed by atoms with Crippen molar-refractivity contribution in [2.24, 2.45) is 0 Å². The van der Waals surface area contributed by atoms with Gasteiger partial charge in [-0.2, -0.15) is 0 Å². The predicted molar refractivity (Wildman–Crippen MR) is 106 cm³/mol. The molecular weight excluding hydrogens is 367 g/mol. The van der Waals surface area contributed by atoms with Gasteiger partial charge in [0, 0.05) is 11.3 Å². The minimum absolute atomic E-state index is 0.568. The zero-order valence-electron chi connectivity index (χ0n) is 11.8. The van der Waals surface area contributed by atoms with Crippen molar-refractivity contribution in [2.45, 2.75) is 0 Å². The number of benzene rings is 2. The molecule has 0 spiro atoms. The van der Waals surface area contributed by atoms with Gasteiger partial charge in [0.1, 0.15) is 0 Å². The lowest BCUT2D eigenvalue weighted by atomic mass is 10.1. The Morgan fingerprint density at radius 1 is 1.04 bits per heavy atom. The van der Waals surface area contributed by atoms with Crippen LogP contribution in [-0.4, -0.2) is 4.86 Å². The molecule has 0 bridgehead atoms. The SMILES string of the molecule is Nc1ccccc1Nc1ccc(C(=S)c2sccc2Cl)c(Cl)c1. The number of hydrogen-bond donors (Lipinski definition) is 2. The Morgan fingerprint density at radius 3 is 2.48 bits per heavy atom. The van der Waals surface area contributed by atoms with Gasteiger partial charge in [-0.3, -0.25) is 0 Å². The molecule has 0 atom stereocenters. The van der Waals surface area contributed by atoms with Crippen LogP contribution >= 0.6 is 46.8 Å². The van der Waals surface area contributed by atoms with Gasteiger partial charge in [0.15, 0.2) is 0 Å². The fraction of sp³-hybridized carbons (Fsp3) is 0. The molecule has 0 aliphatic rings. The van der Waals surface area contributed by atoms with Gasteiger partial charge in [0.25, 0.3) is 0 Å². The lowest BCUT2D eigenvalue weighted by Gasteiger charge is -2.11. The van der Waals surface area contributed by atoms with Crippen molar-refractivity contribution < 1.29 is 0 Å². The van der Waals surface area contributed by atoms with Gasteiger partial charge in [-0.25, -0.2) is 0 Å². The largest absolute Gasteiger partial charge is 0.397 e. The van der Waals surface area contributed by atoms with Crippen molar-refractivity contribution in [3.63, 3.8) is 0 Å². The molecule has 2 nitrogen and oxygen atoms in total. The lowest BCUT2D eigenvalue weighted by Crippen LogP contribution is -2.00. The van der Waals surface area contributed by atoms with Crippen LogP contribution in [0.1, 0.15) is 10.4 Å². The van der Waals surface area contributed by atoms with Gasteiger partial charge in [-0.05, 0) is 41.8 Å². The Labute approximate surface area is 153 Å². The molecule has 2 aromatic carbocycles. The number of halogens is 2. The molecule has 116 valence electrons. The van der Waals surface area contributed by atoms with Crippen LogP contribution < -0.4 is 11.1 Å². The molecule has 6 heteroatoms. The van der Waals surface area contributed by atoms with Crippen LogP contribution in [-0.2, 0) is 0 Å². The maximum absolute atomic E-state index is 6.40. The molecule has 0 aliphatic carbocycles. The number of anilines is 3. The minimum atomic E-state index is 0.568. The number of nitrogen functional groups attached to an aromatic ring is 1. The number of thiophene rings is 1. The Bertz CT molecular complexity index is 875. The van der Waals surface area contributed by atoms with Crippen molar-refractivity contribution in [1.29, 1.82) is 0 Å². The number of nitrogens with two attached hydrogens (primary N) is 1. The van der Waals surface area contributed by atoms with E-state index in [1.807, 2.05) is 53.9 Å². The quantitative estimate of drug-likeness (QED) is 0.325. The van der Waals surface area contributed by atoms with Gasteiger partial charge in [0.2, 0.25) is 0 Å². The smallest absolute Gasteiger partial charge is 0.0651 e. The van der Waals surface area contributed by atoms with Crippen molar-refractivity contribution >= 4 is 68.7 Å². The summed E-state index contributed by atoms with van der Waals surface area (Å²) in [5, 5.41) is 6.37. The second-order valence-corrected chi connectivity index (χ2v) is 6.97. The topological polar surface area (TPSA) is 38.0 Å². The first-order chi connectivity index (χ1) is 11.1. The van der Waals surface area contributed by atoms with Crippen LogP contribution in [0.5, 0.6) is 0 Å².